The zero-order chi connectivity index (χ0) is 20.4. The number of hydrogen-bond donors (Lipinski definition) is 1. The molecule has 2 heterocycles. The van der Waals surface area contributed by atoms with Crippen LogP contribution in [0.5, 0.6) is 0 Å². The second-order valence-corrected chi connectivity index (χ2v) is 6.97. The molecule has 6 nitrogen and oxygen atoms in total. The standard InChI is InChI=1S/C23H23N3O3/c1-3-29-22(27)17-9-6-10-19(14-17)24-23(28)26-15-18-8-4-5-11-21(18)25-13-7-12-20(25)16(26)2/h4-14,16H,3,15H2,1-2H3,(H,24,28)/t16-/m1/s1. The van der Waals surface area contributed by atoms with Crippen molar-refractivity contribution in [3.8, 4) is 5.69 Å². The molecule has 0 saturated carbocycles. The fourth-order valence-electron chi connectivity index (χ4n) is 3.69. The normalized spacial score (nSPS) is 15.1. The fourth-order valence-corrected chi connectivity index (χ4v) is 3.69. The van der Waals surface area contributed by atoms with E-state index in [9.17, 15) is 9.59 Å². The lowest BCUT2D eigenvalue weighted by molar-refractivity contribution is 0.0526. The molecule has 0 aliphatic carbocycles. The number of benzene rings is 2. The largest absolute Gasteiger partial charge is 0.462 e. The molecule has 1 aliphatic heterocycles. The Morgan fingerprint density at radius 2 is 1.93 bits per heavy atom. The summed E-state index contributed by atoms with van der Waals surface area (Å²) in [4.78, 5) is 26.9. The molecule has 4 rings (SSSR count). The second kappa shape index (κ2) is 7.83. The first-order chi connectivity index (χ1) is 14.1. The number of anilines is 1. The molecule has 0 radical (unpaired) electrons. The quantitative estimate of drug-likeness (QED) is 0.657. The van der Waals surface area contributed by atoms with E-state index in [0.717, 1.165) is 16.9 Å². The molecule has 0 saturated heterocycles. The van der Waals surface area contributed by atoms with Crippen LogP contribution in [0.4, 0.5) is 10.5 Å². The number of urea groups is 1. The predicted molar refractivity (Wildman–Crippen MR) is 111 cm³/mol. The highest BCUT2D eigenvalue weighted by atomic mass is 16.5. The van der Waals surface area contributed by atoms with Gasteiger partial charge in [-0.3, -0.25) is 0 Å². The van der Waals surface area contributed by atoms with Crippen LogP contribution < -0.4 is 5.32 Å². The van der Waals surface area contributed by atoms with Crippen LogP contribution in [0.1, 0.15) is 41.5 Å². The molecule has 1 N–H and O–H groups in total. The average molecular weight is 389 g/mol. The van der Waals surface area contributed by atoms with Crippen LogP contribution in [0.3, 0.4) is 0 Å². The molecular weight excluding hydrogens is 366 g/mol. The highest BCUT2D eigenvalue weighted by Crippen LogP contribution is 2.32. The molecular formula is C23H23N3O3. The Morgan fingerprint density at radius 3 is 2.76 bits per heavy atom. The second-order valence-electron chi connectivity index (χ2n) is 6.97. The van der Waals surface area contributed by atoms with Crippen molar-refractivity contribution in [1.82, 2.24) is 9.47 Å². The lowest BCUT2D eigenvalue weighted by atomic mass is 10.1. The van der Waals surface area contributed by atoms with Gasteiger partial charge in [-0.1, -0.05) is 24.3 Å². The summed E-state index contributed by atoms with van der Waals surface area (Å²) in [6.07, 6.45) is 2.02. The number of nitrogens with zero attached hydrogens (tertiary/aromatic N) is 2. The van der Waals surface area contributed by atoms with Crippen LogP contribution in [0, 0.1) is 0 Å². The van der Waals surface area contributed by atoms with Gasteiger partial charge in [0.15, 0.2) is 0 Å². The zero-order valence-electron chi connectivity index (χ0n) is 16.5. The third kappa shape index (κ3) is 3.61. The van der Waals surface area contributed by atoms with E-state index in [0.29, 0.717) is 24.4 Å². The van der Waals surface area contributed by atoms with Gasteiger partial charge in [0.1, 0.15) is 0 Å². The van der Waals surface area contributed by atoms with E-state index in [2.05, 4.69) is 16.0 Å². The first-order valence-corrected chi connectivity index (χ1v) is 9.69. The SMILES string of the molecule is CCOC(=O)c1cccc(NC(=O)N2Cc3ccccc3-n3cccc3[C@H]2C)c1. The van der Waals surface area contributed by atoms with Crippen LogP contribution in [0.2, 0.25) is 0 Å². The number of amides is 2. The van der Waals surface area contributed by atoms with E-state index in [1.165, 1.54) is 0 Å². The van der Waals surface area contributed by atoms with Gasteiger partial charge in [-0.2, -0.15) is 0 Å². The van der Waals surface area contributed by atoms with E-state index >= 15 is 0 Å². The molecule has 2 amide bonds. The van der Waals surface area contributed by atoms with Crippen molar-refractivity contribution in [2.45, 2.75) is 26.4 Å². The third-order valence-corrected chi connectivity index (χ3v) is 5.15. The predicted octanol–water partition coefficient (Wildman–Crippen LogP) is 4.76. The number of aromatic nitrogens is 1. The third-order valence-electron chi connectivity index (χ3n) is 5.15. The molecule has 0 spiro atoms. The lowest BCUT2D eigenvalue weighted by Gasteiger charge is -2.27. The average Bonchev–Trinajstić information content (AvgIpc) is 3.18. The van der Waals surface area contributed by atoms with Crippen molar-refractivity contribution in [3.63, 3.8) is 0 Å². The molecule has 148 valence electrons. The van der Waals surface area contributed by atoms with E-state index in [1.54, 1.807) is 36.1 Å². The number of fused-ring (bicyclic) bond motifs is 3. The van der Waals surface area contributed by atoms with E-state index in [1.807, 2.05) is 43.5 Å². The van der Waals surface area contributed by atoms with Gasteiger partial charge < -0.3 is 19.5 Å². The summed E-state index contributed by atoms with van der Waals surface area (Å²) in [5.74, 6) is -0.404. The van der Waals surface area contributed by atoms with E-state index < -0.39 is 5.97 Å². The maximum atomic E-state index is 13.2. The Kier molecular flexibility index (Phi) is 5.08. The summed E-state index contributed by atoms with van der Waals surface area (Å²) >= 11 is 0. The smallest absolute Gasteiger partial charge is 0.338 e. The van der Waals surface area contributed by atoms with Crippen LogP contribution in [0.15, 0.2) is 66.9 Å². The number of carbonyl (C=O) groups is 2. The van der Waals surface area contributed by atoms with Crippen molar-refractivity contribution in [3.05, 3.63) is 83.7 Å². The van der Waals surface area contributed by atoms with Crippen molar-refractivity contribution < 1.29 is 14.3 Å². The molecule has 1 aliphatic rings. The van der Waals surface area contributed by atoms with Crippen LogP contribution in [-0.4, -0.2) is 28.1 Å². The maximum Gasteiger partial charge on any atom is 0.338 e. The molecule has 3 aromatic rings. The molecule has 0 fully saturated rings. The molecule has 0 unspecified atom stereocenters. The number of rotatable bonds is 3. The van der Waals surface area contributed by atoms with Crippen molar-refractivity contribution >= 4 is 17.7 Å². The maximum absolute atomic E-state index is 13.2. The molecule has 1 aromatic heterocycles. The zero-order valence-corrected chi connectivity index (χ0v) is 16.5. The van der Waals surface area contributed by atoms with Crippen molar-refractivity contribution in [1.29, 1.82) is 0 Å². The van der Waals surface area contributed by atoms with Crippen molar-refractivity contribution in [2.75, 3.05) is 11.9 Å². The monoisotopic (exact) mass is 389 g/mol. The highest BCUT2D eigenvalue weighted by molar-refractivity contribution is 5.94. The van der Waals surface area contributed by atoms with Gasteiger partial charge in [0.25, 0.3) is 0 Å². The summed E-state index contributed by atoms with van der Waals surface area (Å²) in [6, 6.07) is 18.6. The first kappa shape index (κ1) is 18.8. The van der Waals surface area contributed by atoms with Gasteiger partial charge >= 0.3 is 12.0 Å². The number of esters is 1. The van der Waals surface area contributed by atoms with Gasteiger partial charge in [-0.25, -0.2) is 9.59 Å². The minimum atomic E-state index is -0.404. The summed E-state index contributed by atoms with van der Waals surface area (Å²) in [6.45, 7) is 4.58. The molecule has 2 aromatic carbocycles. The van der Waals surface area contributed by atoms with Crippen molar-refractivity contribution in [2.24, 2.45) is 0 Å². The topological polar surface area (TPSA) is 63.6 Å². The minimum absolute atomic E-state index is 0.120. The number of hydrogen-bond acceptors (Lipinski definition) is 3. The summed E-state index contributed by atoms with van der Waals surface area (Å²) in [7, 11) is 0. The molecule has 29 heavy (non-hydrogen) atoms. The van der Waals surface area contributed by atoms with Crippen LogP contribution >= 0.6 is 0 Å². The summed E-state index contributed by atoms with van der Waals surface area (Å²) < 4.78 is 7.18. The Labute approximate surface area is 169 Å². The summed E-state index contributed by atoms with van der Waals surface area (Å²) in [5, 5.41) is 2.93. The molecule has 0 bridgehead atoms. The highest BCUT2D eigenvalue weighted by Gasteiger charge is 2.28. The van der Waals surface area contributed by atoms with E-state index in [-0.39, 0.29) is 12.1 Å². The number of para-hydroxylation sites is 1. The Morgan fingerprint density at radius 1 is 1.10 bits per heavy atom. The van der Waals surface area contributed by atoms with Crippen LogP contribution in [-0.2, 0) is 11.3 Å². The minimum Gasteiger partial charge on any atom is -0.462 e. The Bertz CT molecular complexity index is 1060. The fraction of sp³-hybridized carbons (Fsp3) is 0.217. The van der Waals surface area contributed by atoms with E-state index in [4.69, 9.17) is 4.74 Å². The number of carbonyl (C=O) groups excluding carboxylic acids is 2. The number of nitrogens with one attached hydrogen (secondary N) is 1. The lowest BCUT2D eigenvalue weighted by Crippen LogP contribution is -2.36. The van der Waals surface area contributed by atoms with Gasteiger partial charge in [0, 0.05) is 17.6 Å². The number of ether oxygens (including phenoxy) is 1. The molecule has 6 heteroatoms. The van der Waals surface area contributed by atoms with Gasteiger partial charge in [0.2, 0.25) is 0 Å². The molecule has 1 atom stereocenters. The van der Waals surface area contributed by atoms with Gasteiger partial charge in [0.05, 0.1) is 30.4 Å². The first-order valence-electron chi connectivity index (χ1n) is 9.69. The van der Waals surface area contributed by atoms with Gasteiger partial charge in [-0.15, -0.1) is 0 Å². The summed E-state index contributed by atoms with van der Waals surface area (Å²) in [5.41, 5.74) is 4.17. The van der Waals surface area contributed by atoms with Crippen LogP contribution in [0.25, 0.3) is 5.69 Å². The van der Waals surface area contributed by atoms with Gasteiger partial charge in [-0.05, 0) is 55.8 Å². The Balaban J connectivity index is 1.61. The Hall–Kier alpha value is -3.54.